The Morgan fingerprint density at radius 1 is 0.460 bits per heavy atom. The van der Waals surface area contributed by atoms with Crippen LogP contribution in [0.1, 0.15) is 290 Å². The molecule has 0 amide bonds. The van der Waals surface area contributed by atoms with Gasteiger partial charge in [0.1, 0.15) is 6.10 Å². The van der Waals surface area contributed by atoms with E-state index in [1.807, 2.05) is 0 Å². The lowest BCUT2D eigenvalue weighted by atomic mass is 10.0. The number of allylic oxidation sites excluding steroid dienone is 2. The standard InChI is InChI=1S/C54H108NO7P/c1-3-5-7-9-11-13-15-17-19-21-23-24-25-26-27-28-29-30-32-34-36-38-40-42-44-46-49-59-51-53(52-61-63(57,58)60-50-48-55)62-54(56)47-45-43-41-39-37-35-33-31-22-20-18-16-14-12-10-8-6-4-2/h20,22,53H,3-19,21,23-52,55H2,1-2H3,(H,57,58)/b22-20-. The maximum Gasteiger partial charge on any atom is 0.472 e. The Morgan fingerprint density at radius 3 is 1.16 bits per heavy atom. The van der Waals surface area contributed by atoms with E-state index in [1.165, 1.54) is 238 Å². The molecule has 0 radical (unpaired) electrons. The molecule has 0 saturated carbocycles. The Morgan fingerprint density at radius 2 is 0.794 bits per heavy atom. The predicted octanol–water partition coefficient (Wildman–Crippen LogP) is 17.4. The molecule has 8 nitrogen and oxygen atoms in total. The van der Waals surface area contributed by atoms with Crippen molar-refractivity contribution >= 4 is 13.8 Å². The van der Waals surface area contributed by atoms with Gasteiger partial charge in [-0.3, -0.25) is 13.8 Å². The van der Waals surface area contributed by atoms with Gasteiger partial charge >= 0.3 is 13.8 Å². The summed E-state index contributed by atoms with van der Waals surface area (Å²) in [6.45, 7) is 4.99. The van der Waals surface area contributed by atoms with Crippen molar-refractivity contribution in [3.8, 4) is 0 Å². The van der Waals surface area contributed by atoms with Crippen LogP contribution < -0.4 is 5.73 Å². The van der Waals surface area contributed by atoms with Gasteiger partial charge in [0.25, 0.3) is 0 Å². The van der Waals surface area contributed by atoms with Gasteiger partial charge in [0.05, 0.1) is 19.8 Å². The molecule has 0 aromatic heterocycles. The van der Waals surface area contributed by atoms with E-state index in [4.69, 9.17) is 24.3 Å². The molecule has 2 atom stereocenters. The first-order valence-corrected chi connectivity index (χ1v) is 29.2. The first kappa shape index (κ1) is 62.2. The summed E-state index contributed by atoms with van der Waals surface area (Å²) in [6.07, 6.45) is 59.8. The van der Waals surface area contributed by atoms with Crippen molar-refractivity contribution in [1.82, 2.24) is 0 Å². The molecule has 0 aliphatic carbocycles. The Bertz CT molecular complexity index is 982. The average molecular weight is 914 g/mol. The third-order valence-electron chi connectivity index (χ3n) is 12.4. The molecule has 0 bridgehead atoms. The zero-order valence-corrected chi connectivity index (χ0v) is 43.0. The number of nitrogens with two attached hydrogens (primary N) is 1. The third-order valence-corrected chi connectivity index (χ3v) is 13.4. The van der Waals surface area contributed by atoms with E-state index in [2.05, 4.69) is 26.0 Å². The number of rotatable bonds is 54. The first-order chi connectivity index (χ1) is 30.9. The smallest absolute Gasteiger partial charge is 0.457 e. The number of unbranched alkanes of at least 4 members (excludes halogenated alkanes) is 39. The van der Waals surface area contributed by atoms with Gasteiger partial charge in [0.2, 0.25) is 0 Å². The Kier molecular flexibility index (Phi) is 51.6. The molecule has 376 valence electrons. The van der Waals surface area contributed by atoms with Crippen LogP contribution >= 0.6 is 7.82 Å². The number of esters is 1. The summed E-state index contributed by atoms with van der Waals surface area (Å²) in [5, 5.41) is 0. The lowest BCUT2D eigenvalue weighted by Gasteiger charge is -2.20. The molecule has 0 saturated heterocycles. The van der Waals surface area contributed by atoms with Crippen LogP contribution in [0.15, 0.2) is 12.2 Å². The van der Waals surface area contributed by atoms with Crippen LogP contribution in [0.25, 0.3) is 0 Å². The van der Waals surface area contributed by atoms with Crippen LogP contribution in [0.4, 0.5) is 0 Å². The zero-order valence-electron chi connectivity index (χ0n) is 42.1. The summed E-state index contributed by atoms with van der Waals surface area (Å²) >= 11 is 0. The number of phosphoric acid groups is 1. The van der Waals surface area contributed by atoms with Gasteiger partial charge in [0.15, 0.2) is 0 Å². The van der Waals surface area contributed by atoms with E-state index in [9.17, 15) is 14.3 Å². The number of carbonyl (C=O) groups excluding carboxylic acids is 1. The predicted molar refractivity (Wildman–Crippen MR) is 271 cm³/mol. The van der Waals surface area contributed by atoms with Crippen LogP contribution in [0, 0.1) is 0 Å². The summed E-state index contributed by atoms with van der Waals surface area (Å²) in [4.78, 5) is 22.6. The highest BCUT2D eigenvalue weighted by Gasteiger charge is 2.25. The van der Waals surface area contributed by atoms with Crippen LogP contribution in [-0.4, -0.2) is 49.9 Å². The molecule has 0 aliphatic rings. The maximum atomic E-state index is 12.7. The van der Waals surface area contributed by atoms with Gasteiger partial charge in [-0.25, -0.2) is 4.57 Å². The number of ether oxygens (including phenoxy) is 2. The van der Waals surface area contributed by atoms with Gasteiger partial charge in [-0.1, -0.05) is 257 Å². The highest BCUT2D eigenvalue weighted by molar-refractivity contribution is 7.47. The van der Waals surface area contributed by atoms with Crippen molar-refractivity contribution in [2.24, 2.45) is 5.73 Å². The summed E-state index contributed by atoms with van der Waals surface area (Å²) in [5.74, 6) is -0.327. The lowest BCUT2D eigenvalue weighted by Crippen LogP contribution is -2.28. The normalized spacial score (nSPS) is 13.3. The topological polar surface area (TPSA) is 117 Å². The largest absolute Gasteiger partial charge is 0.472 e. The Labute approximate surface area is 392 Å². The van der Waals surface area contributed by atoms with E-state index < -0.39 is 13.9 Å². The van der Waals surface area contributed by atoms with Crippen LogP contribution in [0.2, 0.25) is 0 Å². The van der Waals surface area contributed by atoms with Gasteiger partial charge in [0, 0.05) is 19.6 Å². The Hall–Kier alpha value is -0.760. The van der Waals surface area contributed by atoms with Crippen molar-refractivity contribution < 1.29 is 32.8 Å². The molecule has 0 rings (SSSR count). The second-order valence-electron chi connectivity index (χ2n) is 18.8. The van der Waals surface area contributed by atoms with Gasteiger partial charge < -0.3 is 20.1 Å². The van der Waals surface area contributed by atoms with Crippen molar-refractivity contribution in [2.45, 2.75) is 296 Å². The van der Waals surface area contributed by atoms with E-state index >= 15 is 0 Å². The fraction of sp³-hybridized carbons (Fsp3) is 0.944. The van der Waals surface area contributed by atoms with Gasteiger partial charge in [-0.05, 0) is 38.5 Å². The number of phosphoric ester groups is 1. The zero-order chi connectivity index (χ0) is 45.8. The minimum Gasteiger partial charge on any atom is -0.457 e. The summed E-state index contributed by atoms with van der Waals surface area (Å²) in [5.41, 5.74) is 5.40. The third kappa shape index (κ3) is 52.1. The molecule has 0 aromatic rings. The van der Waals surface area contributed by atoms with Gasteiger partial charge in [-0.15, -0.1) is 0 Å². The lowest BCUT2D eigenvalue weighted by molar-refractivity contribution is -0.154. The highest BCUT2D eigenvalue weighted by Crippen LogP contribution is 2.43. The molecule has 63 heavy (non-hydrogen) atoms. The van der Waals surface area contributed by atoms with Gasteiger partial charge in [-0.2, -0.15) is 0 Å². The SMILES string of the molecule is CCCCCCCCC/C=C\CCCCCCCCCC(=O)OC(COCCCCCCCCCCCCCCCCCCCCCCCCCCCC)COP(=O)(O)OCCN. The second kappa shape index (κ2) is 52.2. The highest BCUT2D eigenvalue weighted by atomic mass is 31.2. The molecule has 0 spiro atoms. The fourth-order valence-electron chi connectivity index (χ4n) is 8.35. The second-order valence-corrected chi connectivity index (χ2v) is 20.3. The molecule has 0 fully saturated rings. The molecule has 9 heteroatoms. The minimum atomic E-state index is -4.28. The average Bonchev–Trinajstić information content (AvgIpc) is 3.28. The van der Waals surface area contributed by atoms with E-state index in [0.717, 1.165) is 32.1 Å². The molecule has 0 heterocycles. The van der Waals surface area contributed by atoms with Crippen LogP contribution in [0.5, 0.6) is 0 Å². The van der Waals surface area contributed by atoms with Crippen LogP contribution in [0.3, 0.4) is 0 Å². The molecular weight excluding hydrogens is 806 g/mol. The van der Waals surface area contributed by atoms with Crippen molar-refractivity contribution in [2.75, 3.05) is 33.0 Å². The van der Waals surface area contributed by atoms with Crippen molar-refractivity contribution in [3.63, 3.8) is 0 Å². The minimum absolute atomic E-state index is 0.0925. The van der Waals surface area contributed by atoms with E-state index in [1.54, 1.807) is 0 Å². The molecule has 3 N–H and O–H groups in total. The monoisotopic (exact) mass is 914 g/mol. The summed E-state index contributed by atoms with van der Waals surface area (Å²) in [7, 11) is -4.28. The summed E-state index contributed by atoms with van der Waals surface area (Å²) in [6, 6.07) is 0. The van der Waals surface area contributed by atoms with E-state index in [0.29, 0.717) is 13.0 Å². The molecule has 2 unspecified atom stereocenters. The van der Waals surface area contributed by atoms with Crippen molar-refractivity contribution in [1.29, 1.82) is 0 Å². The Balaban J connectivity index is 3.83. The van der Waals surface area contributed by atoms with Crippen LogP contribution in [-0.2, 0) is 27.9 Å². The number of hydrogen-bond donors (Lipinski definition) is 2. The van der Waals surface area contributed by atoms with E-state index in [-0.39, 0.29) is 32.3 Å². The first-order valence-electron chi connectivity index (χ1n) is 27.7. The molecule has 0 aliphatic heterocycles. The maximum absolute atomic E-state index is 12.7. The fourth-order valence-corrected chi connectivity index (χ4v) is 9.11. The number of hydrogen-bond acceptors (Lipinski definition) is 7. The number of carbonyl (C=O) groups is 1. The summed E-state index contributed by atoms with van der Waals surface area (Å²) < 4.78 is 33.6. The quantitative estimate of drug-likeness (QED) is 0.0268. The van der Waals surface area contributed by atoms with Crippen molar-refractivity contribution in [3.05, 3.63) is 12.2 Å². The molecule has 0 aromatic carbocycles. The molecular formula is C54H108NO7P.